The third kappa shape index (κ3) is 1.75. The van der Waals surface area contributed by atoms with Crippen molar-refractivity contribution in [2.45, 2.75) is 39.3 Å². The summed E-state index contributed by atoms with van der Waals surface area (Å²) in [5.41, 5.74) is 11.0. The topological polar surface area (TPSA) is 43.8 Å². The van der Waals surface area contributed by atoms with Crippen molar-refractivity contribution in [3.05, 3.63) is 41.2 Å². The molecule has 0 bridgehead atoms. The smallest absolute Gasteiger partial charge is 0.140 e. The standard InChI is InChI=1S/C15H19N3/c1-10-5-3-4-6-13(10)15-17-11(2)14-9-12(16)7-8-18(14)15/h3-6,12H,7-9,16H2,1-2H3. The number of hydrogen-bond donors (Lipinski definition) is 1. The molecule has 1 aliphatic heterocycles. The number of hydrogen-bond acceptors (Lipinski definition) is 2. The van der Waals surface area contributed by atoms with Crippen molar-refractivity contribution in [3.8, 4) is 11.4 Å². The molecular weight excluding hydrogens is 222 g/mol. The fourth-order valence-electron chi connectivity index (χ4n) is 2.78. The van der Waals surface area contributed by atoms with Crippen LogP contribution in [-0.2, 0) is 13.0 Å². The number of nitrogens with zero attached hydrogens (tertiary/aromatic N) is 2. The minimum absolute atomic E-state index is 0.289. The molecule has 1 aromatic carbocycles. The van der Waals surface area contributed by atoms with E-state index in [1.165, 1.54) is 16.8 Å². The molecule has 0 spiro atoms. The molecule has 2 N–H and O–H groups in total. The molecule has 3 rings (SSSR count). The molecule has 2 heterocycles. The first-order valence-corrected chi connectivity index (χ1v) is 6.54. The second-order valence-electron chi connectivity index (χ2n) is 5.19. The predicted octanol–water partition coefficient (Wildman–Crippen LogP) is 2.44. The average Bonchev–Trinajstić information content (AvgIpc) is 2.67. The summed E-state index contributed by atoms with van der Waals surface area (Å²) in [6.07, 6.45) is 1.99. The van der Waals surface area contributed by atoms with E-state index in [9.17, 15) is 0 Å². The normalized spacial score (nSPS) is 18.7. The number of nitrogens with two attached hydrogens (primary N) is 1. The van der Waals surface area contributed by atoms with Crippen molar-refractivity contribution in [3.63, 3.8) is 0 Å². The van der Waals surface area contributed by atoms with Gasteiger partial charge in [-0.15, -0.1) is 0 Å². The molecular formula is C15H19N3. The summed E-state index contributed by atoms with van der Waals surface area (Å²) >= 11 is 0. The SMILES string of the molecule is Cc1ccccc1-c1nc(C)c2n1CCC(N)C2. The lowest BCUT2D eigenvalue weighted by atomic mass is 10.0. The van der Waals surface area contributed by atoms with E-state index in [0.29, 0.717) is 0 Å². The molecule has 0 saturated heterocycles. The first-order chi connectivity index (χ1) is 8.66. The van der Waals surface area contributed by atoms with Crippen LogP contribution in [0.2, 0.25) is 0 Å². The lowest BCUT2D eigenvalue weighted by Gasteiger charge is -2.22. The minimum Gasteiger partial charge on any atom is -0.328 e. The van der Waals surface area contributed by atoms with Gasteiger partial charge in [-0.1, -0.05) is 24.3 Å². The summed E-state index contributed by atoms with van der Waals surface area (Å²) in [4.78, 5) is 4.77. The fourth-order valence-corrected chi connectivity index (χ4v) is 2.78. The Morgan fingerprint density at radius 3 is 2.83 bits per heavy atom. The number of imidazole rings is 1. The van der Waals surface area contributed by atoms with Gasteiger partial charge < -0.3 is 10.3 Å². The Labute approximate surface area is 108 Å². The van der Waals surface area contributed by atoms with E-state index < -0.39 is 0 Å². The van der Waals surface area contributed by atoms with Gasteiger partial charge in [-0.25, -0.2) is 4.98 Å². The van der Waals surface area contributed by atoms with Gasteiger partial charge in [0, 0.05) is 30.3 Å². The third-order valence-corrected chi connectivity index (χ3v) is 3.84. The van der Waals surface area contributed by atoms with Crippen molar-refractivity contribution in [2.24, 2.45) is 5.73 Å². The van der Waals surface area contributed by atoms with E-state index in [4.69, 9.17) is 10.7 Å². The summed E-state index contributed by atoms with van der Waals surface area (Å²) in [7, 11) is 0. The predicted molar refractivity (Wildman–Crippen MR) is 73.4 cm³/mol. The van der Waals surface area contributed by atoms with Gasteiger partial charge in [-0.3, -0.25) is 0 Å². The third-order valence-electron chi connectivity index (χ3n) is 3.84. The van der Waals surface area contributed by atoms with E-state index in [1.54, 1.807) is 0 Å². The summed E-state index contributed by atoms with van der Waals surface area (Å²) in [6, 6.07) is 8.73. The Morgan fingerprint density at radius 2 is 2.06 bits per heavy atom. The molecule has 3 heteroatoms. The number of fused-ring (bicyclic) bond motifs is 1. The highest BCUT2D eigenvalue weighted by Crippen LogP contribution is 2.28. The van der Waals surface area contributed by atoms with E-state index in [0.717, 1.165) is 30.9 Å². The molecule has 0 radical (unpaired) electrons. The Morgan fingerprint density at radius 1 is 1.28 bits per heavy atom. The molecule has 0 saturated carbocycles. The lowest BCUT2D eigenvalue weighted by Crippen LogP contribution is -2.31. The summed E-state index contributed by atoms with van der Waals surface area (Å²) < 4.78 is 2.35. The largest absolute Gasteiger partial charge is 0.328 e. The molecule has 2 aromatic rings. The molecule has 1 aliphatic rings. The Balaban J connectivity index is 2.15. The molecule has 3 nitrogen and oxygen atoms in total. The number of benzene rings is 1. The highest BCUT2D eigenvalue weighted by atomic mass is 15.1. The van der Waals surface area contributed by atoms with Crippen LogP contribution in [0.1, 0.15) is 23.4 Å². The van der Waals surface area contributed by atoms with Crippen molar-refractivity contribution in [1.82, 2.24) is 9.55 Å². The second-order valence-corrected chi connectivity index (χ2v) is 5.19. The molecule has 0 fully saturated rings. The van der Waals surface area contributed by atoms with Crippen molar-refractivity contribution < 1.29 is 0 Å². The van der Waals surface area contributed by atoms with Crippen LogP contribution >= 0.6 is 0 Å². The number of aromatic nitrogens is 2. The van der Waals surface area contributed by atoms with E-state index in [-0.39, 0.29) is 6.04 Å². The van der Waals surface area contributed by atoms with Crippen LogP contribution in [0.3, 0.4) is 0 Å². The first-order valence-electron chi connectivity index (χ1n) is 6.54. The molecule has 0 aliphatic carbocycles. The van der Waals surface area contributed by atoms with Gasteiger partial charge in [0.2, 0.25) is 0 Å². The van der Waals surface area contributed by atoms with Gasteiger partial charge in [0.05, 0.1) is 5.69 Å². The zero-order chi connectivity index (χ0) is 12.7. The van der Waals surface area contributed by atoms with Crippen molar-refractivity contribution >= 4 is 0 Å². The maximum atomic E-state index is 6.06. The van der Waals surface area contributed by atoms with E-state index in [2.05, 4.69) is 42.7 Å². The average molecular weight is 241 g/mol. The number of rotatable bonds is 1. The monoisotopic (exact) mass is 241 g/mol. The highest BCUT2D eigenvalue weighted by molar-refractivity contribution is 5.61. The summed E-state index contributed by atoms with van der Waals surface area (Å²) in [5.74, 6) is 1.10. The maximum absolute atomic E-state index is 6.06. The van der Waals surface area contributed by atoms with Crippen molar-refractivity contribution in [1.29, 1.82) is 0 Å². The molecule has 0 amide bonds. The Hall–Kier alpha value is -1.61. The van der Waals surface area contributed by atoms with Crippen LogP contribution in [0.4, 0.5) is 0 Å². The van der Waals surface area contributed by atoms with Gasteiger partial charge in [0.25, 0.3) is 0 Å². The molecule has 1 atom stereocenters. The molecule has 18 heavy (non-hydrogen) atoms. The van der Waals surface area contributed by atoms with E-state index in [1.807, 2.05) is 0 Å². The van der Waals surface area contributed by atoms with Crippen LogP contribution in [-0.4, -0.2) is 15.6 Å². The lowest BCUT2D eigenvalue weighted by molar-refractivity contribution is 0.473. The highest BCUT2D eigenvalue weighted by Gasteiger charge is 2.22. The van der Waals surface area contributed by atoms with Crippen LogP contribution in [0.5, 0.6) is 0 Å². The van der Waals surface area contributed by atoms with Crippen molar-refractivity contribution in [2.75, 3.05) is 0 Å². The Kier molecular flexibility index (Phi) is 2.71. The maximum Gasteiger partial charge on any atom is 0.140 e. The first kappa shape index (κ1) is 11.5. The minimum atomic E-state index is 0.289. The molecule has 1 unspecified atom stereocenters. The second kappa shape index (κ2) is 4.25. The van der Waals surface area contributed by atoms with Crippen LogP contribution in [0.25, 0.3) is 11.4 Å². The van der Waals surface area contributed by atoms with Gasteiger partial charge in [-0.05, 0) is 25.8 Å². The molecule has 1 aromatic heterocycles. The zero-order valence-electron chi connectivity index (χ0n) is 11.0. The summed E-state index contributed by atoms with van der Waals surface area (Å²) in [5, 5.41) is 0. The van der Waals surface area contributed by atoms with Crippen LogP contribution in [0, 0.1) is 13.8 Å². The summed E-state index contributed by atoms with van der Waals surface area (Å²) in [6.45, 7) is 5.22. The van der Waals surface area contributed by atoms with Gasteiger partial charge in [0.1, 0.15) is 5.82 Å². The molecule has 94 valence electrons. The Bertz CT molecular complexity index is 583. The fraction of sp³-hybridized carbons (Fsp3) is 0.400. The quantitative estimate of drug-likeness (QED) is 0.833. The van der Waals surface area contributed by atoms with Crippen LogP contribution < -0.4 is 5.73 Å². The van der Waals surface area contributed by atoms with Gasteiger partial charge >= 0.3 is 0 Å². The van der Waals surface area contributed by atoms with E-state index >= 15 is 0 Å². The zero-order valence-corrected chi connectivity index (χ0v) is 11.0. The number of aryl methyl sites for hydroxylation is 2. The van der Waals surface area contributed by atoms with Gasteiger partial charge in [0.15, 0.2) is 0 Å². The van der Waals surface area contributed by atoms with Crippen LogP contribution in [0.15, 0.2) is 24.3 Å². The van der Waals surface area contributed by atoms with Gasteiger partial charge in [-0.2, -0.15) is 0 Å².